The van der Waals surface area contributed by atoms with Crippen LogP contribution in [0.25, 0.3) is 0 Å². The van der Waals surface area contributed by atoms with Gasteiger partial charge in [0.1, 0.15) is 5.75 Å². The highest BCUT2D eigenvalue weighted by Gasteiger charge is 2.31. The normalized spacial score (nSPS) is 19.4. The van der Waals surface area contributed by atoms with Crippen LogP contribution in [-0.4, -0.2) is 62.7 Å². The highest BCUT2D eigenvalue weighted by molar-refractivity contribution is 14.0. The topological polar surface area (TPSA) is 75.2 Å². The second-order valence-electron chi connectivity index (χ2n) is 8.37. The lowest BCUT2D eigenvalue weighted by molar-refractivity contribution is -0.135. The lowest BCUT2D eigenvalue weighted by Gasteiger charge is -2.26. The number of nitrogens with zero attached hydrogens (tertiary/aromatic N) is 2. The summed E-state index contributed by atoms with van der Waals surface area (Å²) >= 11 is 0. The molecule has 1 atom stereocenters. The summed E-state index contributed by atoms with van der Waals surface area (Å²) in [7, 11) is 1.67. The Labute approximate surface area is 209 Å². The van der Waals surface area contributed by atoms with E-state index in [0.717, 1.165) is 56.2 Å². The minimum atomic E-state index is 0. The highest BCUT2D eigenvalue weighted by atomic mass is 127. The van der Waals surface area contributed by atoms with E-state index in [1.54, 1.807) is 7.11 Å². The Morgan fingerprint density at radius 3 is 2.72 bits per heavy atom. The van der Waals surface area contributed by atoms with Gasteiger partial charge in [-0.1, -0.05) is 37.5 Å². The van der Waals surface area contributed by atoms with Crippen molar-refractivity contribution in [1.82, 2.24) is 15.5 Å². The number of guanidine groups is 1. The Morgan fingerprint density at radius 1 is 1.19 bits per heavy atom. The molecular formula is C24H39IN4O3. The second kappa shape index (κ2) is 14.6. The summed E-state index contributed by atoms with van der Waals surface area (Å²) in [4.78, 5) is 19.5. The first kappa shape index (κ1) is 26.7. The zero-order chi connectivity index (χ0) is 21.9. The number of methoxy groups -OCH3 is 1. The summed E-state index contributed by atoms with van der Waals surface area (Å²) in [6.07, 6.45) is 6.76. The third kappa shape index (κ3) is 8.10. The number of amides is 1. The molecule has 2 aliphatic rings. The Morgan fingerprint density at radius 2 is 1.97 bits per heavy atom. The van der Waals surface area contributed by atoms with E-state index in [1.807, 2.05) is 29.2 Å². The second-order valence-corrected chi connectivity index (χ2v) is 8.37. The summed E-state index contributed by atoms with van der Waals surface area (Å²) in [6.45, 7) is 6.07. The van der Waals surface area contributed by atoms with Crippen LogP contribution in [0.1, 0.15) is 51.0 Å². The number of aliphatic imine (C=N–C) groups is 1. The van der Waals surface area contributed by atoms with E-state index in [4.69, 9.17) is 9.47 Å². The molecular weight excluding hydrogens is 519 g/mol. The number of hydrogen-bond acceptors (Lipinski definition) is 4. The minimum Gasteiger partial charge on any atom is -0.496 e. The molecule has 0 radical (unpaired) electrons. The molecule has 1 heterocycles. The van der Waals surface area contributed by atoms with Gasteiger partial charge in [0.25, 0.3) is 0 Å². The van der Waals surface area contributed by atoms with Gasteiger partial charge in [-0.05, 0) is 32.3 Å². The van der Waals surface area contributed by atoms with Crippen LogP contribution in [0.2, 0.25) is 0 Å². The van der Waals surface area contributed by atoms with E-state index in [9.17, 15) is 4.79 Å². The zero-order valence-corrected chi connectivity index (χ0v) is 21.8. The fraction of sp³-hybridized carbons (Fsp3) is 0.667. The number of para-hydroxylation sites is 1. The van der Waals surface area contributed by atoms with Crippen molar-refractivity contribution >= 4 is 35.8 Å². The van der Waals surface area contributed by atoms with Crippen molar-refractivity contribution < 1.29 is 14.3 Å². The SMILES string of the molecule is CCNC(=NCCOCc1ccccc1OC)NC1CCN(C(=O)C2CCCCC2)C1.I. The van der Waals surface area contributed by atoms with Crippen LogP contribution in [0.5, 0.6) is 5.75 Å². The van der Waals surface area contributed by atoms with Gasteiger partial charge in [-0.15, -0.1) is 24.0 Å². The highest BCUT2D eigenvalue weighted by Crippen LogP contribution is 2.26. The molecule has 1 saturated heterocycles. The number of benzene rings is 1. The number of rotatable bonds is 9. The van der Waals surface area contributed by atoms with E-state index >= 15 is 0 Å². The molecule has 180 valence electrons. The predicted octanol–water partition coefficient (Wildman–Crippen LogP) is 3.57. The lowest BCUT2D eigenvalue weighted by Crippen LogP contribution is -2.45. The van der Waals surface area contributed by atoms with Crippen LogP contribution >= 0.6 is 24.0 Å². The van der Waals surface area contributed by atoms with Crippen molar-refractivity contribution in [3.05, 3.63) is 29.8 Å². The Hall–Kier alpha value is -1.55. The molecule has 1 aliphatic heterocycles. The van der Waals surface area contributed by atoms with Gasteiger partial charge in [0, 0.05) is 37.2 Å². The summed E-state index contributed by atoms with van der Waals surface area (Å²) in [5, 5.41) is 6.80. The van der Waals surface area contributed by atoms with Gasteiger partial charge in [-0.2, -0.15) is 0 Å². The first-order valence-corrected chi connectivity index (χ1v) is 11.7. The van der Waals surface area contributed by atoms with E-state index < -0.39 is 0 Å². The van der Waals surface area contributed by atoms with Gasteiger partial charge in [-0.3, -0.25) is 9.79 Å². The van der Waals surface area contributed by atoms with Crippen LogP contribution in [0, 0.1) is 5.92 Å². The van der Waals surface area contributed by atoms with Gasteiger partial charge in [0.15, 0.2) is 5.96 Å². The Kier molecular flexibility index (Phi) is 12.2. The standard InChI is InChI=1S/C24H38N4O3.HI/c1-3-25-24(26-14-16-31-18-20-11-7-8-12-22(20)30-2)27-21-13-15-28(17-21)23(29)19-9-5-4-6-10-19;/h7-8,11-12,19,21H,3-6,9-10,13-18H2,1-2H3,(H2,25,26,27);1H. The van der Waals surface area contributed by atoms with Crippen molar-refractivity contribution in [3.8, 4) is 5.75 Å². The summed E-state index contributed by atoms with van der Waals surface area (Å²) < 4.78 is 11.1. The Bertz CT molecular complexity index is 725. The third-order valence-electron chi connectivity index (χ3n) is 6.10. The molecule has 1 saturated carbocycles. The van der Waals surface area contributed by atoms with Crippen molar-refractivity contribution in [1.29, 1.82) is 0 Å². The number of likely N-dealkylation sites (tertiary alicyclic amines) is 1. The van der Waals surface area contributed by atoms with Gasteiger partial charge in [0.2, 0.25) is 5.91 Å². The molecule has 1 aromatic carbocycles. The quantitative estimate of drug-likeness (QED) is 0.210. The van der Waals surface area contributed by atoms with Crippen LogP contribution in [-0.2, 0) is 16.1 Å². The molecule has 1 unspecified atom stereocenters. The average Bonchev–Trinajstić information content (AvgIpc) is 3.27. The minimum absolute atomic E-state index is 0. The van der Waals surface area contributed by atoms with E-state index in [0.29, 0.717) is 25.7 Å². The zero-order valence-electron chi connectivity index (χ0n) is 19.5. The predicted molar refractivity (Wildman–Crippen MR) is 139 cm³/mol. The van der Waals surface area contributed by atoms with Crippen LogP contribution in [0.4, 0.5) is 0 Å². The molecule has 0 spiro atoms. The molecule has 1 aromatic rings. The molecule has 2 fully saturated rings. The number of carbonyl (C=O) groups excluding carboxylic acids is 1. The largest absolute Gasteiger partial charge is 0.496 e. The molecule has 2 N–H and O–H groups in total. The smallest absolute Gasteiger partial charge is 0.225 e. The molecule has 1 aliphatic carbocycles. The van der Waals surface area contributed by atoms with E-state index in [-0.39, 0.29) is 35.9 Å². The summed E-state index contributed by atoms with van der Waals surface area (Å²) in [5.41, 5.74) is 1.03. The van der Waals surface area contributed by atoms with Gasteiger partial charge in [-0.25, -0.2) is 0 Å². The maximum absolute atomic E-state index is 12.8. The first-order chi connectivity index (χ1) is 15.2. The number of ether oxygens (including phenoxy) is 2. The van der Waals surface area contributed by atoms with Crippen molar-refractivity contribution in [2.24, 2.45) is 10.9 Å². The van der Waals surface area contributed by atoms with Crippen molar-refractivity contribution in [2.45, 2.75) is 58.1 Å². The van der Waals surface area contributed by atoms with E-state index in [2.05, 4.69) is 22.5 Å². The monoisotopic (exact) mass is 558 g/mol. The number of halogens is 1. The molecule has 8 heteroatoms. The number of carbonyl (C=O) groups is 1. The van der Waals surface area contributed by atoms with Crippen LogP contribution in [0.15, 0.2) is 29.3 Å². The maximum atomic E-state index is 12.8. The third-order valence-corrected chi connectivity index (χ3v) is 6.10. The lowest BCUT2D eigenvalue weighted by atomic mass is 9.88. The molecule has 7 nitrogen and oxygen atoms in total. The number of hydrogen-bond donors (Lipinski definition) is 2. The number of nitrogens with one attached hydrogen (secondary N) is 2. The molecule has 32 heavy (non-hydrogen) atoms. The summed E-state index contributed by atoms with van der Waals surface area (Å²) in [5.74, 6) is 2.24. The summed E-state index contributed by atoms with van der Waals surface area (Å²) in [6, 6.07) is 8.13. The van der Waals surface area contributed by atoms with Crippen molar-refractivity contribution in [2.75, 3.05) is 39.9 Å². The van der Waals surface area contributed by atoms with Gasteiger partial charge in [0.05, 0.1) is 26.9 Å². The van der Waals surface area contributed by atoms with Crippen molar-refractivity contribution in [3.63, 3.8) is 0 Å². The van der Waals surface area contributed by atoms with Crippen LogP contribution < -0.4 is 15.4 Å². The first-order valence-electron chi connectivity index (χ1n) is 11.7. The average molecular weight is 559 g/mol. The molecule has 1 amide bonds. The van der Waals surface area contributed by atoms with Crippen LogP contribution in [0.3, 0.4) is 0 Å². The molecule has 0 bridgehead atoms. The van der Waals surface area contributed by atoms with Gasteiger partial charge < -0.3 is 25.0 Å². The fourth-order valence-electron chi connectivity index (χ4n) is 4.43. The fourth-order valence-corrected chi connectivity index (χ4v) is 4.43. The molecule has 0 aromatic heterocycles. The van der Waals surface area contributed by atoms with E-state index in [1.165, 1.54) is 19.3 Å². The Balaban J connectivity index is 0.00000363. The maximum Gasteiger partial charge on any atom is 0.225 e. The van der Waals surface area contributed by atoms with Gasteiger partial charge >= 0.3 is 0 Å². The molecule has 3 rings (SSSR count).